The zero-order valence-corrected chi connectivity index (χ0v) is 10.8. The first-order chi connectivity index (χ1) is 8.09. The lowest BCUT2D eigenvalue weighted by Crippen LogP contribution is -2.27. The number of nitrogens with zero attached hydrogens (tertiary/aromatic N) is 1. The van der Waals surface area contributed by atoms with Gasteiger partial charge in [-0.1, -0.05) is 37.3 Å². The lowest BCUT2D eigenvalue weighted by atomic mass is 10.0. The van der Waals surface area contributed by atoms with Gasteiger partial charge in [0.25, 0.3) is 0 Å². The second-order valence-corrected chi connectivity index (χ2v) is 4.41. The summed E-state index contributed by atoms with van der Waals surface area (Å²) < 4.78 is 4.92. The third-order valence-electron chi connectivity index (χ3n) is 2.73. The highest BCUT2D eigenvalue weighted by Crippen LogP contribution is 2.15. The fourth-order valence-electron chi connectivity index (χ4n) is 1.79. The van der Waals surface area contributed by atoms with Crippen molar-refractivity contribution in [3.63, 3.8) is 0 Å². The molecule has 0 spiro atoms. The number of hydrogen-bond acceptors (Lipinski definition) is 3. The van der Waals surface area contributed by atoms with Crippen LogP contribution in [0.1, 0.15) is 25.3 Å². The Morgan fingerprint density at radius 3 is 2.59 bits per heavy atom. The fraction of sp³-hybridized carbons (Fsp3) is 0.500. The average Bonchev–Trinajstić information content (AvgIpc) is 2.29. The summed E-state index contributed by atoms with van der Waals surface area (Å²) in [6.07, 6.45) is 0. The van der Waals surface area contributed by atoms with Gasteiger partial charge in [-0.05, 0) is 18.5 Å². The molecule has 1 atom stereocenters. The third kappa shape index (κ3) is 5.50. The zero-order valence-electron chi connectivity index (χ0n) is 10.8. The van der Waals surface area contributed by atoms with Gasteiger partial charge >= 0.3 is 5.97 Å². The highest BCUT2D eigenvalue weighted by molar-refractivity contribution is 5.65. The smallest absolute Gasteiger partial charge is 0.302 e. The lowest BCUT2D eigenvalue weighted by molar-refractivity contribution is -0.141. The number of likely N-dealkylation sites (N-methyl/N-ethyl adjacent to an activating group) is 1. The maximum absolute atomic E-state index is 10.6. The van der Waals surface area contributed by atoms with Crippen molar-refractivity contribution in [1.82, 2.24) is 4.90 Å². The van der Waals surface area contributed by atoms with Crippen molar-refractivity contribution < 1.29 is 9.53 Å². The summed E-state index contributed by atoms with van der Waals surface area (Å²) >= 11 is 0. The Labute approximate surface area is 103 Å². The van der Waals surface area contributed by atoms with Crippen LogP contribution in [-0.2, 0) is 9.53 Å². The van der Waals surface area contributed by atoms with Crippen LogP contribution in [0, 0.1) is 0 Å². The quantitative estimate of drug-likeness (QED) is 0.708. The molecule has 0 radical (unpaired) electrons. The number of carbonyl (C=O) groups is 1. The minimum Gasteiger partial charge on any atom is -0.465 e. The van der Waals surface area contributed by atoms with E-state index in [0.717, 1.165) is 13.1 Å². The third-order valence-corrected chi connectivity index (χ3v) is 2.73. The normalized spacial score (nSPS) is 12.5. The van der Waals surface area contributed by atoms with Crippen molar-refractivity contribution in [3.8, 4) is 0 Å². The van der Waals surface area contributed by atoms with Crippen molar-refractivity contribution in [2.45, 2.75) is 19.8 Å². The standard InChI is InChI=1S/C14H21NO2/c1-12(14-7-5-4-6-8-14)11-15(3)9-10-17-13(2)16/h4-8,12H,9-11H2,1-3H3. The molecular weight excluding hydrogens is 214 g/mol. The first kappa shape index (κ1) is 13.7. The zero-order chi connectivity index (χ0) is 12.7. The number of benzene rings is 1. The monoisotopic (exact) mass is 235 g/mol. The number of esters is 1. The molecule has 3 heteroatoms. The maximum atomic E-state index is 10.6. The molecule has 0 aliphatic carbocycles. The minimum atomic E-state index is -0.213. The van der Waals surface area contributed by atoms with Crippen molar-refractivity contribution in [1.29, 1.82) is 0 Å². The van der Waals surface area contributed by atoms with Crippen LogP contribution in [0.5, 0.6) is 0 Å². The van der Waals surface area contributed by atoms with Crippen LogP contribution in [0.2, 0.25) is 0 Å². The van der Waals surface area contributed by atoms with Crippen molar-refractivity contribution in [2.24, 2.45) is 0 Å². The van der Waals surface area contributed by atoms with E-state index in [1.807, 2.05) is 13.1 Å². The Kier molecular flexibility index (Phi) is 5.70. The molecule has 17 heavy (non-hydrogen) atoms. The number of rotatable bonds is 6. The number of carbonyl (C=O) groups excluding carboxylic acids is 1. The Balaban J connectivity index is 2.31. The highest BCUT2D eigenvalue weighted by atomic mass is 16.5. The molecule has 0 amide bonds. The van der Waals surface area contributed by atoms with Crippen LogP contribution in [0.25, 0.3) is 0 Å². The molecule has 0 bridgehead atoms. The largest absolute Gasteiger partial charge is 0.465 e. The van der Waals surface area contributed by atoms with Crippen molar-refractivity contribution in [2.75, 3.05) is 26.7 Å². The van der Waals surface area contributed by atoms with Crippen LogP contribution in [0.3, 0.4) is 0 Å². The second-order valence-electron chi connectivity index (χ2n) is 4.41. The van der Waals surface area contributed by atoms with Crippen LogP contribution in [-0.4, -0.2) is 37.6 Å². The van der Waals surface area contributed by atoms with Gasteiger partial charge < -0.3 is 9.64 Å². The van der Waals surface area contributed by atoms with Gasteiger partial charge in [0, 0.05) is 20.0 Å². The molecule has 1 aromatic carbocycles. The number of ether oxygens (including phenoxy) is 1. The second kappa shape index (κ2) is 7.07. The molecule has 94 valence electrons. The Bertz CT molecular complexity index is 337. The lowest BCUT2D eigenvalue weighted by Gasteiger charge is -2.21. The van der Waals surface area contributed by atoms with Gasteiger partial charge in [0.2, 0.25) is 0 Å². The molecule has 0 saturated heterocycles. The summed E-state index contributed by atoms with van der Waals surface area (Å²) in [5, 5.41) is 0. The highest BCUT2D eigenvalue weighted by Gasteiger charge is 2.08. The van der Waals surface area contributed by atoms with Crippen LogP contribution in [0.15, 0.2) is 30.3 Å². The van der Waals surface area contributed by atoms with E-state index in [0.29, 0.717) is 12.5 Å². The summed E-state index contributed by atoms with van der Waals surface area (Å²) in [5.74, 6) is 0.271. The van der Waals surface area contributed by atoms with Gasteiger partial charge in [-0.3, -0.25) is 4.79 Å². The summed E-state index contributed by atoms with van der Waals surface area (Å²) in [7, 11) is 2.04. The van der Waals surface area contributed by atoms with Crippen LogP contribution < -0.4 is 0 Å². The molecule has 0 aliphatic heterocycles. The molecule has 1 unspecified atom stereocenters. The topological polar surface area (TPSA) is 29.5 Å². The molecule has 0 heterocycles. The molecule has 0 fully saturated rings. The first-order valence-corrected chi connectivity index (χ1v) is 5.96. The Hall–Kier alpha value is -1.35. The summed E-state index contributed by atoms with van der Waals surface area (Å²) in [4.78, 5) is 12.8. The molecule has 1 rings (SSSR count). The number of hydrogen-bond donors (Lipinski definition) is 0. The molecular formula is C14H21NO2. The summed E-state index contributed by atoms with van der Waals surface area (Å²) in [5.41, 5.74) is 1.34. The Morgan fingerprint density at radius 1 is 1.35 bits per heavy atom. The predicted octanol–water partition coefficient (Wildman–Crippen LogP) is 2.29. The van der Waals surface area contributed by atoms with Gasteiger partial charge in [0.1, 0.15) is 6.61 Å². The van der Waals surface area contributed by atoms with Gasteiger partial charge in [-0.15, -0.1) is 0 Å². The molecule has 3 nitrogen and oxygen atoms in total. The molecule has 0 saturated carbocycles. The van der Waals surface area contributed by atoms with E-state index in [2.05, 4.69) is 36.1 Å². The van der Waals surface area contributed by atoms with E-state index < -0.39 is 0 Å². The first-order valence-electron chi connectivity index (χ1n) is 5.96. The van der Waals surface area contributed by atoms with Crippen LogP contribution in [0.4, 0.5) is 0 Å². The summed E-state index contributed by atoms with van der Waals surface area (Å²) in [6.45, 7) is 5.85. The molecule has 0 aromatic heterocycles. The molecule has 1 aromatic rings. The van der Waals surface area contributed by atoms with Gasteiger partial charge in [-0.25, -0.2) is 0 Å². The van der Waals surface area contributed by atoms with Gasteiger partial charge in [-0.2, -0.15) is 0 Å². The average molecular weight is 235 g/mol. The van der Waals surface area contributed by atoms with E-state index in [9.17, 15) is 4.79 Å². The maximum Gasteiger partial charge on any atom is 0.302 e. The molecule has 0 aliphatic rings. The van der Waals surface area contributed by atoms with E-state index in [-0.39, 0.29) is 5.97 Å². The Morgan fingerprint density at radius 2 is 2.00 bits per heavy atom. The fourth-order valence-corrected chi connectivity index (χ4v) is 1.79. The van der Waals surface area contributed by atoms with E-state index in [4.69, 9.17) is 4.74 Å². The summed E-state index contributed by atoms with van der Waals surface area (Å²) in [6, 6.07) is 10.4. The van der Waals surface area contributed by atoms with Gasteiger partial charge in [0.05, 0.1) is 0 Å². The van der Waals surface area contributed by atoms with Crippen molar-refractivity contribution in [3.05, 3.63) is 35.9 Å². The van der Waals surface area contributed by atoms with E-state index >= 15 is 0 Å². The minimum absolute atomic E-state index is 0.213. The predicted molar refractivity (Wildman–Crippen MR) is 69.0 cm³/mol. The van der Waals surface area contributed by atoms with E-state index in [1.54, 1.807) is 0 Å². The van der Waals surface area contributed by atoms with Gasteiger partial charge in [0.15, 0.2) is 0 Å². The van der Waals surface area contributed by atoms with E-state index in [1.165, 1.54) is 12.5 Å². The van der Waals surface area contributed by atoms with Crippen LogP contribution >= 0.6 is 0 Å². The SMILES string of the molecule is CC(=O)OCCN(C)CC(C)c1ccccc1. The molecule has 0 N–H and O–H groups in total. The van der Waals surface area contributed by atoms with Crippen molar-refractivity contribution >= 4 is 5.97 Å².